The number of benzene rings is 2. The number of alkyl halides is 2. The summed E-state index contributed by atoms with van der Waals surface area (Å²) in [5.74, 6) is -7.03. The Morgan fingerprint density at radius 3 is 2.40 bits per heavy atom. The van der Waals surface area contributed by atoms with E-state index in [-0.39, 0.29) is 17.3 Å². The van der Waals surface area contributed by atoms with E-state index in [1.54, 1.807) is 0 Å². The maximum atomic E-state index is 14.6. The highest BCUT2D eigenvalue weighted by Crippen LogP contribution is 2.36. The molecule has 0 radical (unpaired) electrons. The van der Waals surface area contributed by atoms with Gasteiger partial charge in [0.05, 0.1) is 17.3 Å². The molecule has 0 aliphatic heterocycles. The molecular formula is C17H11F3N2O3. The van der Waals surface area contributed by atoms with E-state index in [2.05, 4.69) is 9.97 Å². The van der Waals surface area contributed by atoms with Crippen LogP contribution in [0.25, 0.3) is 10.9 Å². The predicted molar refractivity (Wildman–Crippen MR) is 81.9 cm³/mol. The minimum atomic E-state index is -3.66. The van der Waals surface area contributed by atoms with Crippen LogP contribution in [-0.2, 0) is 17.1 Å². The number of aromatic nitrogens is 2. The second-order valence-electron chi connectivity index (χ2n) is 5.37. The van der Waals surface area contributed by atoms with E-state index in [4.69, 9.17) is 5.11 Å². The lowest BCUT2D eigenvalue weighted by molar-refractivity contribution is -0.136. The number of aromatic hydroxyl groups is 1. The highest BCUT2D eigenvalue weighted by Gasteiger charge is 2.38. The number of fused-ring (bicyclic) bond motifs is 1. The third-order valence-electron chi connectivity index (χ3n) is 3.58. The van der Waals surface area contributed by atoms with Gasteiger partial charge < -0.3 is 10.2 Å². The molecule has 0 atom stereocenters. The summed E-state index contributed by atoms with van der Waals surface area (Å²) in [6, 6.07) is 7.68. The Morgan fingerprint density at radius 2 is 1.76 bits per heavy atom. The van der Waals surface area contributed by atoms with Gasteiger partial charge in [0.1, 0.15) is 5.82 Å². The number of nitrogens with zero attached hydrogens (tertiary/aromatic N) is 2. The molecule has 0 bridgehead atoms. The first-order valence-corrected chi connectivity index (χ1v) is 7.13. The average Bonchev–Trinajstić information content (AvgIpc) is 2.54. The SMILES string of the molecule is O=C(O)Cc1ccc2c(O)nc(C(F)(F)c3ccc(F)cc3)nc2c1. The summed E-state index contributed by atoms with van der Waals surface area (Å²) < 4.78 is 42.1. The Hall–Kier alpha value is -3.16. The fraction of sp³-hybridized carbons (Fsp3) is 0.118. The molecule has 0 amide bonds. The molecule has 0 aliphatic carbocycles. The van der Waals surface area contributed by atoms with E-state index >= 15 is 0 Å². The minimum Gasteiger partial charge on any atom is -0.493 e. The van der Waals surface area contributed by atoms with Crippen LogP contribution in [0.4, 0.5) is 13.2 Å². The standard InChI is InChI=1S/C17H11F3N2O3/c18-11-4-2-10(3-5-11)17(19,20)16-21-13-7-9(8-14(23)24)1-6-12(13)15(25)22-16/h1-7H,8H2,(H,23,24)(H,21,22,25). The smallest absolute Gasteiger partial charge is 0.331 e. The number of aliphatic carboxylic acids is 1. The zero-order chi connectivity index (χ0) is 18.2. The summed E-state index contributed by atoms with van der Waals surface area (Å²) in [5, 5.41) is 18.9. The van der Waals surface area contributed by atoms with Crippen LogP contribution in [-0.4, -0.2) is 26.2 Å². The van der Waals surface area contributed by atoms with Crippen molar-refractivity contribution in [2.75, 3.05) is 0 Å². The van der Waals surface area contributed by atoms with Crippen LogP contribution in [0.15, 0.2) is 42.5 Å². The van der Waals surface area contributed by atoms with Gasteiger partial charge in [-0.2, -0.15) is 13.8 Å². The Morgan fingerprint density at radius 1 is 1.08 bits per heavy atom. The Kier molecular flexibility index (Phi) is 4.03. The van der Waals surface area contributed by atoms with Gasteiger partial charge in [-0.3, -0.25) is 4.79 Å². The fourth-order valence-corrected chi connectivity index (χ4v) is 2.37. The lowest BCUT2D eigenvalue weighted by Gasteiger charge is -2.16. The van der Waals surface area contributed by atoms with Crippen LogP contribution in [0.3, 0.4) is 0 Å². The number of halogens is 3. The molecule has 1 heterocycles. The lowest BCUT2D eigenvalue weighted by atomic mass is 10.1. The molecule has 2 N–H and O–H groups in total. The van der Waals surface area contributed by atoms with Crippen molar-refractivity contribution in [1.29, 1.82) is 0 Å². The van der Waals surface area contributed by atoms with Gasteiger partial charge in [0, 0.05) is 5.56 Å². The molecule has 1 aromatic heterocycles. The first kappa shape index (κ1) is 16.7. The molecule has 0 unspecified atom stereocenters. The van der Waals surface area contributed by atoms with E-state index in [0.29, 0.717) is 5.56 Å². The summed E-state index contributed by atoms with van der Waals surface area (Å²) in [6.45, 7) is 0. The van der Waals surface area contributed by atoms with Crippen molar-refractivity contribution in [3.8, 4) is 5.88 Å². The van der Waals surface area contributed by atoms with Gasteiger partial charge in [-0.25, -0.2) is 9.37 Å². The molecule has 2 aromatic carbocycles. The van der Waals surface area contributed by atoms with Crippen molar-refractivity contribution in [3.63, 3.8) is 0 Å². The molecule has 8 heteroatoms. The quantitative estimate of drug-likeness (QED) is 0.756. The predicted octanol–water partition coefficient (Wildman–Crippen LogP) is 3.24. The monoisotopic (exact) mass is 348 g/mol. The third kappa shape index (κ3) is 3.23. The zero-order valence-electron chi connectivity index (χ0n) is 12.6. The lowest BCUT2D eigenvalue weighted by Crippen LogP contribution is -2.19. The van der Waals surface area contributed by atoms with Crippen LogP contribution >= 0.6 is 0 Å². The summed E-state index contributed by atoms with van der Waals surface area (Å²) in [5.41, 5.74) is -0.202. The van der Waals surface area contributed by atoms with Crippen molar-refractivity contribution in [2.45, 2.75) is 12.3 Å². The second-order valence-corrected chi connectivity index (χ2v) is 5.37. The first-order valence-electron chi connectivity index (χ1n) is 7.13. The molecule has 0 saturated carbocycles. The molecule has 0 fully saturated rings. The van der Waals surface area contributed by atoms with Crippen LogP contribution in [0.5, 0.6) is 5.88 Å². The van der Waals surface area contributed by atoms with E-state index < -0.39 is 35.0 Å². The van der Waals surface area contributed by atoms with Gasteiger partial charge in [0.25, 0.3) is 0 Å². The van der Waals surface area contributed by atoms with Crippen molar-refractivity contribution < 1.29 is 28.2 Å². The van der Waals surface area contributed by atoms with E-state index in [1.165, 1.54) is 18.2 Å². The number of carboxylic acid groups (broad SMARTS) is 1. The Balaban J connectivity index is 2.12. The fourth-order valence-electron chi connectivity index (χ4n) is 2.37. The van der Waals surface area contributed by atoms with Crippen LogP contribution in [0.1, 0.15) is 17.0 Å². The molecule has 0 spiro atoms. The van der Waals surface area contributed by atoms with Gasteiger partial charge in [0.2, 0.25) is 11.7 Å². The van der Waals surface area contributed by atoms with Crippen molar-refractivity contribution in [3.05, 3.63) is 65.2 Å². The topological polar surface area (TPSA) is 83.3 Å². The van der Waals surface area contributed by atoms with Gasteiger partial charge >= 0.3 is 11.9 Å². The number of carbonyl (C=O) groups is 1. The van der Waals surface area contributed by atoms with E-state index in [9.17, 15) is 23.1 Å². The van der Waals surface area contributed by atoms with Gasteiger partial charge in [0.15, 0.2) is 0 Å². The molecule has 0 saturated heterocycles. The molecule has 0 aliphatic rings. The molecule has 5 nitrogen and oxygen atoms in total. The minimum absolute atomic E-state index is 0.0111. The maximum absolute atomic E-state index is 14.6. The van der Waals surface area contributed by atoms with Gasteiger partial charge in [-0.1, -0.05) is 6.07 Å². The summed E-state index contributed by atoms with van der Waals surface area (Å²) in [6.07, 6.45) is -0.315. The van der Waals surface area contributed by atoms with Crippen molar-refractivity contribution >= 4 is 16.9 Å². The summed E-state index contributed by atoms with van der Waals surface area (Å²) in [7, 11) is 0. The number of rotatable bonds is 4. The Bertz CT molecular complexity index is 959. The summed E-state index contributed by atoms with van der Waals surface area (Å²) >= 11 is 0. The number of hydrogen-bond donors (Lipinski definition) is 2. The van der Waals surface area contributed by atoms with Crippen LogP contribution in [0.2, 0.25) is 0 Å². The maximum Gasteiger partial charge on any atom is 0.331 e. The molecule has 25 heavy (non-hydrogen) atoms. The summed E-state index contributed by atoms with van der Waals surface area (Å²) in [4.78, 5) is 18.0. The zero-order valence-corrected chi connectivity index (χ0v) is 12.6. The van der Waals surface area contributed by atoms with Crippen LogP contribution in [0, 0.1) is 5.82 Å². The number of carboxylic acids is 1. The molecule has 128 valence electrons. The molecular weight excluding hydrogens is 337 g/mol. The van der Waals surface area contributed by atoms with E-state index in [1.807, 2.05) is 0 Å². The van der Waals surface area contributed by atoms with Gasteiger partial charge in [-0.05, 0) is 42.0 Å². The van der Waals surface area contributed by atoms with E-state index in [0.717, 1.165) is 24.3 Å². The van der Waals surface area contributed by atoms with Crippen molar-refractivity contribution in [1.82, 2.24) is 9.97 Å². The first-order chi connectivity index (χ1) is 11.8. The highest BCUT2D eigenvalue weighted by molar-refractivity contribution is 5.85. The van der Waals surface area contributed by atoms with Gasteiger partial charge in [-0.15, -0.1) is 0 Å². The third-order valence-corrected chi connectivity index (χ3v) is 3.58. The largest absolute Gasteiger partial charge is 0.493 e. The Labute approximate surface area is 139 Å². The highest BCUT2D eigenvalue weighted by atomic mass is 19.3. The normalized spacial score (nSPS) is 11.6. The second kappa shape index (κ2) is 6.04. The molecule has 3 aromatic rings. The van der Waals surface area contributed by atoms with Crippen molar-refractivity contribution in [2.24, 2.45) is 0 Å². The number of hydrogen-bond acceptors (Lipinski definition) is 4. The average molecular weight is 348 g/mol. The molecule has 3 rings (SSSR count). The van der Waals surface area contributed by atoms with Crippen LogP contribution < -0.4 is 0 Å².